The van der Waals surface area contributed by atoms with Gasteiger partial charge in [0.15, 0.2) is 5.78 Å². The Balaban J connectivity index is 2.57. The molecular formula is C18H27NO5. The average molecular weight is 337 g/mol. The number of carbonyl (C=O) groups is 2. The van der Waals surface area contributed by atoms with Crippen molar-refractivity contribution >= 4 is 11.9 Å². The third-order valence-electron chi connectivity index (χ3n) is 3.47. The first-order valence-electron chi connectivity index (χ1n) is 7.95. The van der Waals surface area contributed by atoms with Crippen LogP contribution in [0.2, 0.25) is 0 Å². The van der Waals surface area contributed by atoms with Gasteiger partial charge in [-0.05, 0) is 58.2 Å². The van der Waals surface area contributed by atoms with E-state index in [1.807, 2.05) is 0 Å². The van der Waals surface area contributed by atoms with Crippen molar-refractivity contribution < 1.29 is 24.5 Å². The van der Waals surface area contributed by atoms with Crippen LogP contribution in [0.25, 0.3) is 0 Å². The molecule has 0 aliphatic heterocycles. The molecule has 6 nitrogen and oxygen atoms in total. The highest BCUT2D eigenvalue weighted by Crippen LogP contribution is 2.23. The molecule has 0 aromatic heterocycles. The van der Waals surface area contributed by atoms with Gasteiger partial charge in [-0.2, -0.15) is 0 Å². The summed E-state index contributed by atoms with van der Waals surface area (Å²) in [7, 11) is 0. The molecule has 0 spiro atoms. The molecule has 0 radical (unpaired) electrons. The van der Waals surface area contributed by atoms with E-state index in [0.717, 1.165) is 5.56 Å². The number of amides is 1. The predicted octanol–water partition coefficient (Wildman–Crippen LogP) is 2.51. The van der Waals surface area contributed by atoms with Crippen LogP contribution >= 0.6 is 0 Å². The molecule has 134 valence electrons. The van der Waals surface area contributed by atoms with Crippen molar-refractivity contribution in [3.63, 3.8) is 0 Å². The SMILES string of the molecule is CC(=O)c1ccc(C(O)C(O)CCNC(=O)OC(C)(C)C)c(C)c1. The lowest BCUT2D eigenvalue weighted by atomic mass is 9.95. The fourth-order valence-corrected chi connectivity index (χ4v) is 2.23. The summed E-state index contributed by atoms with van der Waals surface area (Å²) in [6, 6.07) is 4.95. The van der Waals surface area contributed by atoms with Crippen molar-refractivity contribution in [2.24, 2.45) is 0 Å². The summed E-state index contributed by atoms with van der Waals surface area (Å²) in [5, 5.41) is 22.9. The lowest BCUT2D eigenvalue weighted by Gasteiger charge is -2.22. The summed E-state index contributed by atoms with van der Waals surface area (Å²) in [5.74, 6) is -0.0544. The monoisotopic (exact) mass is 337 g/mol. The largest absolute Gasteiger partial charge is 0.444 e. The maximum absolute atomic E-state index is 11.5. The maximum atomic E-state index is 11.5. The Kier molecular flexibility index (Phi) is 6.93. The number of aryl methyl sites for hydroxylation is 1. The predicted molar refractivity (Wildman–Crippen MR) is 91.0 cm³/mol. The van der Waals surface area contributed by atoms with E-state index < -0.39 is 23.9 Å². The van der Waals surface area contributed by atoms with Crippen LogP contribution in [0, 0.1) is 6.92 Å². The summed E-state index contributed by atoms with van der Waals surface area (Å²) >= 11 is 0. The van der Waals surface area contributed by atoms with Gasteiger partial charge in [-0.3, -0.25) is 4.79 Å². The van der Waals surface area contributed by atoms with Gasteiger partial charge in [-0.1, -0.05) is 12.1 Å². The molecule has 1 amide bonds. The van der Waals surface area contributed by atoms with Gasteiger partial charge in [0.1, 0.15) is 11.7 Å². The summed E-state index contributed by atoms with van der Waals surface area (Å²) in [4.78, 5) is 22.9. The standard InChI is InChI=1S/C18H27NO5/c1-11-10-13(12(2)20)6-7-14(11)16(22)15(21)8-9-19-17(23)24-18(3,4)5/h6-7,10,15-16,21-22H,8-9H2,1-5H3,(H,19,23). The van der Waals surface area contributed by atoms with Gasteiger partial charge in [-0.25, -0.2) is 4.79 Å². The molecule has 0 saturated heterocycles. The highest BCUT2D eigenvalue weighted by Gasteiger charge is 2.21. The van der Waals surface area contributed by atoms with Gasteiger partial charge in [0.2, 0.25) is 0 Å². The number of Topliss-reactive ketones (excluding diaryl/α,β-unsaturated/α-hetero) is 1. The smallest absolute Gasteiger partial charge is 0.407 e. The first kappa shape index (κ1) is 20.1. The highest BCUT2D eigenvalue weighted by atomic mass is 16.6. The number of carbonyl (C=O) groups excluding carboxylic acids is 2. The average Bonchev–Trinajstić information content (AvgIpc) is 2.44. The van der Waals surface area contributed by atoms with E-state index >= 15 is 0 Å². The van der Waals surface area contributed by atoms with E-state index in [9.17, 15) is 19.8 Å². The number of hydrogen-bond acceptors (Lipinski definition) is 5. The molecule has 0 fully saturated rings. The first-order chi connectivity index (χ1) is 11.0. The van der Waals surface area contributed by atoms with Crippen molar-refractivity contribution in [2.45, 2.75) is 58.8 Å². The summed E-state index contributed by atoms with van der Waals surface area (Å²) in [6.07, 6.45) is -2.52. The third kappa shape index (κ3) is 6.29. The van der Waals surface area contributed by atoms with Crippen molar-refractivity contribution in [1.29, 1.82) is 0 Å². The lowest BCUT2D eigenvalue weighted by Crippen LogP contribution is -2.34. The molecule has 1 aromatic rings. The van der Waals surface area contributed by atoms with E-state index in [2.05, 4.69) is 5.32 Å². The molecule has 24 heavy (non-hydrogen) atoms. The van der Waals surface area contributed by atoms with Crippen LogP contribution in [-0.4, -0.2) is 40.3 Å². The van der Waals surface area contributed by atoms with Gasteiger partial charge in [0.25, 0.3) is 0 Å². The fourth-order valence-electron chi connectivity index (χ4n) is 2.23. The zero-order chi connectivity index (χ0) is 18.5. The molecule has 3 N–H and O–H groups in total. The number of aliphatic hydroxyl groups is 2. The van der Waals surface area contributed by atoms with E-state index in [4.69, 9.17) is 4.74 Å². The van der Waals surface area contributed by atoms with Gasteiger partial charge in [-0.15, -0.1) is 0 Å². The number of ether oxygens (including phenoxy) is 1. The van der Waals surface area contributed by atoms with Crippen molar-refractivity contribution in [1.82, 2.24) is 5.32 Å². The number of rotatable bonds is 6. The zero-order valence-corrected chi connectivity index (χ0v) is 14.9. The van der Waals surface area contributed by atoms with E-state index in [1.54, 1.807) is 45.9 Å². The highest BCUT2D eigenvalue weighted by molar-refractivity contribution is 5.94. The number of alkyl carbamates (subject to hydrolysis) is 1. The van der Waals surface area contributed by atoms with Crippen molar-refractivity contribution in [3.05, 3.63) is 34.9 Å². The normalized spacial score (nSPS) is 14.0. The molecular weight excluding hydrogens is 310 g/mol. The van der Waals surface area contributed by atoms with Crippen molar-refractivity contribution in [3.8, 4) is 0 Å². The first-order valence-corrected chi connectivity index (χ1v) is 7.95. The van der Waals surface area contributed by atoms with Gasteiger partial charge >= 0.3 is 6.09 Å². The van der Waals surface area contributed by atoms with E-state index in [1.165, 1.54) is 6.92 Å². The molecule has 0 bridgehead atoms. The van der Waals surface area contributed by atoms with Crippen LogP contribution in [0.3, 0.4) is 0 Å². The van der Waals surface area contributed by atoms with Crippen LogP contribution < -0.4 is 5.32 Å². The van der Waals surface area contributed by atoms with Crippen LogP contribution in [0.4, 0.5) is 4.79 Å². The Hall–Kier alpha value is -1.92. The minimum atomic E-state index is -1.09. The maximum Gasteiger partial charge on any atom is 0.407 e. The molecule has 0 heterocycles. The topological polar surface area (TPSA) is 95.9 Å². The summed E-state index contributed by atoms with van der Waals surface area (Å²) in [5.41, 5.74) is 1.27. The molecule has 6 heteroatoms. The van der Waals surface area contributed by atoms with Crippen LogP contribution in [-0.2, 0) is 4.74 Å². The Morgan fingerprint density at radius 3 is 2.38 bits per heavy atom. The summed E-state index contributed by atoms with van der Waals surface area (Å²) in [6.45, 7) is 8.71. The zero-order valence-electron chi connectivity index (χ0n) is 14.9. The Labute approximate surface area is 142 Å². The molecule has 2 atom stereocenters. The second-order valence-electron chi connectivity index (χ2n) is 6.86. The number of hydrogen-bond donors (Lipinski definition) is 3. The number of benzene rings is 1. The molecule has 1 rings (SSSR count). The molecule has 2 unspecified atom stereocenters. The Bertz CT molecular complexity index is 592. The molecule has 1 aromatic carbocycles. The van der Waals surface area contributed by atoms with Crippen LogP contribution in [0.5, 0.6) is 0 Å². The number of nitrogens with one attached hydrogen (secondary N) is 1. The quantitative estimate of drug-likeness (QED) is 0.693. The van der Waals surface area contributed by atoms with Gasteiger partial charge in [0.05, 0.1) is 6.10 Å². The minimum Gasteiger partial charge on any atom is -0.444 e. The Morgan fingerprint density at radius 2 is 1.88 bits per heavy atom. The third-order valence-corrected chi connectivity index (χ3v) is 3.47. The molecule has 0 saturated carbocycles. The minimum absolute atomic E-state index is 0.0544. The van der Waals surface area contributed by atoms with Crippen molar-refractivity contribution in [2.75, 3.05) is 6.54 Å². The number of ketones is 1. The summed E-state index contributed by atoms with van der Waals surface area (Å²) < 4.78 is 5.09. The van der Waals surface area contributed by atoms with Crippen LogP contribution in [0.15, 0.2) is 18.2 Å². The van der Waals surface area contributed by atoms with Gasteiger partial charge < -0.3 is 20.3 Å². The van der Waals surface area contributed by atoms with E-state index in [-0.39, 0.29) is 18.7 Å². The molecule has 0 aliphatic rings. The fraction of sp³-hybridized carbons (Fsp3) is 0.556. The second kappa shape index (κ2) is 8.26. The van der Waals surface area contributed by atoms with Gasteiger partial charge in [0, 0.05) is 12.1 Å². The molecule has 0 aliphatic carbocycles. The lowest BCUT2D eigenvalue weighted by molar-refractivity contribution is 0.0119. The van der Waals surface area contributed by atoms with E-state index in [0.29, 0.717) is 11.1 Å². The second-order valence-corrected chi connectivity index (χ2v) is 6.86. The van der Waals surface area contributed by atoms with Crippen LogP contribution in [0.1, 0.15) is 61.7 Å². The Morgan fingerprint density at radius 1 is 1.25 bits per heavy atom. The number of aliphatic hydroxyl groups excluding tert-OH is 2.